The maximum Gasteiger partial charge on any atom is 0.223 e. The minimum Gasteiger partial charge on any atom is -0.448 e. The van der Waals surface area contributed by atoms with E-state index < -0.39 is 5.60 Å². The molecule has 1 aromatic heterocycles. The molecule has 5 heteroatoms. The van der Waals surface area contributed by atoms with Gasteiger partial charge in [-0.25, -0.2) is 4.98 Å². The van der Waals surface area contributed by atoms with Crippen molar-refractivity contribution in [2.45, 2.75) is 51.2 Å². The van der Waals surface area contributed by atoms with E-state index in [1.54, 1.807) is 6.92 Å². The van der Waals surface area contributed by atoms with Crippen LogP contribution in [0, 0.1) is 6.92 Å². The number of rotatable bonds is 4. The Balaban J connectivity index is 1.80. The number of aliphatic hydroxyl groups is 1. The Kier molecular flexibility index (Phi) is 3.47. The van der Waals surface area contributed by atoms with Gasteiger partial charge >= 0.3 is 0 Å². The van der Waals surface area contributed by atoms with E-state index in [-0.39, 0.29) is 12.3 Å². The molecule has 2 rings (SSSR count). The highest BCUT2D eigenvalue weighted by Crippen LogP contribution is 2.32. The Morgan fingerprint density at radius 2 is 2.29 bits per heavy atom. The molecule has 0 saturated heterocycles. The van der Waals surface area contributed by atoms with Gasteiger partial charge in [0.15, 0.2) is 6.39 Å². The summed E-state index contributed by atoms with van der Waals surface area (Å²) in [6.45, 7) is 2.16. The van der Waals surface area contributed by atoms with Crippen molar-refractivity contribution >= 4 is 5.91 Å². The van der Waals surface area contributed by atoms with Crippen LogP contribution in [0.3, 0.4) is 0 Å². The van der Waals surface area contributed by atoms with Crippen LogP contribution < -0.4 is 5.32 Å². The van der Waals surface area contributed by atoms with Crippen LogP contribution in [0.25, 0.3) is 0 Å². The van der Waals surface area contributed by atoms with E-state index in [1.807, 2.05) is 0 Å². The van der Waals surface area contributed by atoms with Gasteiger partial charge < -0.3 is 14.8 Å². The Morgan fingerprint density at radius 1 is 1.59 bits per heavy atom. The predicted octanol–water partition coefficient (Wildman–Crippen LogP) is 1.29. The van der Waals surface area contributed by atoms with E-state index in [0.717, 1.165) is 31.4 Å². The SMILES string of the molecule is Cc1ocnc1CNC(=O)CC1(O)CCCC1. The van der Waals surface area contributed by atoms with Crippen LogP contribution >= 0.6 is 0 Å². The molecular formula is C12H18N2O3. The van der Waals surface area contributed by atoms with Crippen molar-refractivity contribution in [3.63, 3.8) is 0 Å². The van der Waals surface area contributed by atoms with Crippen LogP contribution in [0.2, 0.25) is 0 Å². The van der Waals surface area contributed by atoms with Gasteiger partial charge in [-0.1, -0.05) is 12.8 Å². The molecule has 0 radical (unpaired) electrons. The van der Waals surface area contributed by atoms with E-state index >= 15 is 0 Å². The van der Waals surface area contributed by atoms with Gasteiger partial charge in [0, 0.05) is 0 Å². The summed E-state index contributed by atoms with van der Waals surface area (Å²) in [5.74, 6) is 0.585. The molecule has 1 fully saturated rings. The molecule has 5 nitrogen and oxygen atoms in total. The lowest BCUT2D eigenvalue weighted by Crippen LogP contribution is -2.34. The Labute approximate surface area is 100 Å². The van der Waals surface area contributed by atoms with Crippen molar-refractivity contribution in [1.29, 1.82) is 0 Å². The summed E-state index contributed by atoms with van der Waals surface area (Å²) in [7, 11) is 0. The molecule has 2 N–H and O–H groups in total. The standard InChI is InChI=1S/C12H18N2O3/c1-9-10(14-8-17-9)7-13-11(15)6-12(16)4-2-3-5-12/h8,16H,2-7H2,1H3,(H,13,15). The van der Waals surface area contributed by atoms with E-state index in [9.17, 15) is 9.90 Å². The van der Waals surface area contributed by atoms with Crippen molar-refractivity contribution in [2.24, 2.45) is 0 Å². The zero-order valence-electron chi connectivity index (χ0n) is 10.0. The molecule has 1 heterocycles. The molecule has 0 atom stereocenters. The summed E-state index contributed by atoms with van der Waals surface area (Å²) in [6, 6.07) is 0. The topological polar surface area (TPSA) is 75.4 Å². The molecule has 0 unspecified atom stereocenters. The first-order valence-corrected chi connectivity index (χ1v) is 5.97. The van der Waals surface area contributed by atoms with Crippen LogP contribution in [0.4, 0.5) is 0 Å². The maximum atomic E-state index is 11.7. The summed E-state index contributed by atoms with van der Waals surface area (Å²) < 4.78 is 5.04. The maximum absolute atomic E-state index is 11.7. The quantitative estimate of drug-likeness (QED) is 0.829. The molecule has 1 aliphatic rings. The number of nitrogens with one attached hydrogen (secondary N) is 1. The molecule has 17 heavy (non-hydrogen) atoms. The number of aryl methyl sites for hydroxylation is 1. The second-order valence-corrected chi connectivity index (χ2v) is 4.74. The number of hydrogen-bond donors (Lipinski definition) is 2. The monoisotopic (exact) mass is 238 g/mol. The summed E-state index contributed by atoms with van der Waals surface area (Å²) in [5, 5.41) is 12.8. The molecule has 94 valence electrons. The van der Waals surface area contributed by atoms with E-state index in [0.29, 0.717) is 12.3 Å². The van der Waals surface area contributed by atoms with Crippen molar-refractivity contribution in [2.75, 3.05) is 0 Å². The Morgan fingerprint density at radius 3 is 2.88 bits per heavy atom. The van der Waals surface area contributed by atoms with Crippen molar-refractivity contribution in [3.8, 4) is 0 Å². The Hall–Kier alpha value is -1.36. The first-order chi connectivity index (χ1) is 8.09. The van der Waals surface area contributed by atoms with Crippen molar-refractivity contribution in [1.82, 2.24) is 10.3 Å². The first kappa shape index (κ1) is 12.1. The summed E-state index contributed by atoms with van der Waals surface area (Å²) in [6.07, 6.45) is 5.01. The third-order valence-electron chi connectivity index (χ3n) is 3.32. The van der Waals surface area contributed by atoms with Crippen LogP contribution in [0.1, 0.15) is 43.6 Å². The van der Waals surface area contributed by atoms with E-state index in [2.05, 4.69) is 10.3 Å². The van der Waals surface area contributed by atoms with Gasteiger partial charge in [-0.3, -0.25) is 4.79 Å². The fourth-order valence-electron chi connectivity index (χ4n) is 2.25. The molecule has 1 saturated carbocycles. The fourth-order valence-corrected chi connectivity index (χ4v) is 2.25. The fraction of sp³-hybridized carbons (Fsp3) is 0.667. The van der Waals surface area contributed by atoms with Crippen molar-refractivity contribution < 1.29 is 14.3 Å². The van der Waals surface area contributed by atoms with Gasteiger partial charge in [0.2, 0.25) is 5.91 Å². The zero-order valence-corrected chi connectivity index (χ0v) is 10.0. The highest BCUT2D eigenvalue weighted by Gasteiger charge is 2.33. The number of carbonyl (C=O) groups is 1. The smallest absolute Gasteiger partial charge is 0.223 e. The first-order valence-electron chi connectivity index (χ1n) is 5.97. The van der Waals surface area contributed by atoms with E-state index in [1.165, 1.54) is 6.39 Å². The number of oxazole rings is 1. The van der Waals surface area contributed by atoms with Gasteiger partial charge in [0.1, 0.15) is 11.5 Å². The molecule has 0 aliphatic heterocycles. The number of aromatic nitrogens is 1. The minimum absolute atomic E-state index is 0.128. The highest BCUT2D eigenvalue weighted by atomic mass is 16.3. The second-order valence-electron chi connectivity index (χ2n) is 4.74. The summed E-state index contributed by atoms with van der Waals surface area (Å²) >= 11 is 0. The van der Waals surface area contributed by atoms with Crippen molar-refractivity contribution in [3.05, 3.63) is 17.8 Å². The highest BCUT2D eigenvalue weighted by molar-refractivity contribution is 5.77. The van der Waals surface area contributed by atoms with Gasteiger partial charge in [0.05, 0.1) is 18.6 Å². The number of nitrogens with zero attached hydrogens (tertiary/aromatic N) is 1. The van der Waals surface area contributed by atoms with Gasteiger partial charge in [-0.05, 0) is 19.8 Å². The van der Waals surface area contributed by atoms with Crippen LogP contribution in [-0.2, 0) is 11.3 Å². The summed E-state index contributed by atoms with van der Waals surface area (Å²) in [5.41, 5.74) is -0.0556. The molecule has 1 aliphatic carbocycles. The molecular weight excluding hydrogens is 220 g/mol. The summed E-state index contributed by atoms with van der Waals surface area (Å²) in [4.78, 5) is 15.7. The third-order valence-corrected chi connectivity index (χ3v) is 3.32. The number of carbonyl (C=O) groups excluding carboxylic acids is 1. The average Bonchev–Trinajstić information content (AvgIpc) is 2.85. The van der Waals surface area contributed by atoms with Gasteiger partial charge in [-0.2, -0.15) is 0 Å². The molecule has 0 aromatic carbocycles. The van der Waals surface area contributed by atoms with Crippen LogP contribution in [-0.4, -0.2) is 21.6 Å². The largest absolute Gasteiger partial charge is 0.448 e. The minimum atomic E-state index is -0.789. The molecule has 1 amide bonds. The predicted molar refractivity (Wildman–Crippen MR) is 61.1 cm³/mol. The number of hydrogen-bond acceptors (Lipinski definition) is 4. The average molecular weight is 238 g/mol. The zero-order chi connectivity index (χ0) is 12.3. The number of amides is 1. The van der Waals surface area contributed by atoms with E-state index in [4.69, 9.17) is 4.42 Å². The lowest BCUT2D eigenvalue weighted by molar-refractivity contribution is -0.126. The molecule has 1 aromatic rings. The second kappa shape index (κ2) is 4.87. The van der Waals surface area contributed by atoms with Crippen LogP contribution in [0.15, 0.2) is 10.8 Å². The normalized spacial score (nSPS) is 18.2. The molecule has 0 bridgehead atoms. The van der Waals surface area contributed by atoms with Crippen LogP contribution in [0.5, 0.6) is 0 Å². The van der Waals surface area contributed by atoms with Gasteiger partial charge in [-0.15, -0.1) is 0 Å². The lowest BCUT2D eigenvalue weighted by atomic mass is 9.98. The lowest BCUT2D eigenvalue weighted by Gasteiger charge is -2.20. The van der Waals surface area contributed by atoms with Gasteiger partial charge in [0.25, 0.3) is 0 Å². The molecule has 0 spiro atoms. The third kappa shape index (κ3) is 3.06. The Bertz CT molecular complexity index is 394.